The Labute approximate surface area is 117 Å². The van der Waals surface area contributed by atoms with Gasteiger partial charge in [-0.2, -0.15) is 0 Å². The predicted octanol–water partition coefficient (Wildman–Crippen LogP) is 2.60. The lowest BCUT2D eigenvalue weighted by Crippen LogP contribution is -2.27. The van der Waals surface area contributed by atoms with Crippen LogP contribution in [0.1, 0.15) is 11.3 Å². The average Bonchev–Trinajstić information content (AvgIpc) is 2.85. The van der Waals surface area contributed by atoms with Gasteiger partial charge in [0.2, 0.25) is 10.0 Å². The third kappa shape index (κ3) is 4.38. The average molecular weight is 300 g/mol. The first-order valence-electron chi connectivity index (χ1n) is 5.80. The van der Waals surface area contributed by atoms with E-state index in [0.717, 1.165) is 5.76 Å². The van der Waals surface area contributed by atoms with E-state index in [9.17, 15) is 8.42 Å². The summed E-state index contributed by atoms with van der Waals surface area (Å²) in [6, 6.07) is 10.5. The summed E-state index contributed by atoms with van der Waals surface area (Å²) in [6.45, 7) is 0.306. The second-order valence-corrected chi connectivity index (χ2v) is 6.29. The summed E-state index contributed by atoms with van der Waals surface area (Å²) in [5.41, 5.74) is 0.592. The number of hydrogen-bond donors (Lipinski definition) is 1. The molecule has 0 bridgehead atoms. The van der Waals surface area contributed by atoms with Crippen LogP contribution in [0.2, 0.25) is 5.02 Å². The second-order valence-electron chi connectivity index (χ2n) is 4.07. The van der Waals surface area contributed by atoms with Gasteiger partial charge in [-0.15, -0.1) is 0 Å². The van der Waals surface area contributed by atoms with Crippen molar-refractivity contribution in [1.29, 1.82) is 0 Å². The van der Waals surface area contributed by atoms with E-state index in [-0.39, 0.29) is 5.75 Å². The number of benzene rings is 1. The van der Waals surface area contributed by atoms with E-state index in [1.807, 2.05) is 6.07 Å². The van der Waals surface area contributed by atoms with Gasteiger partial charge in [0.15, 0.2) is 0 Å². The summed E-state index contributed by atoms with van der Waals surface area (Å²) in [7, 11) is -3.39. The van der Waals surface area contributed by atoms with Crippen LogP contribution in [0.25, 0.3) is 0 Å². The van der Waals surface area contributed by atoms with Gasteiger partial charge < -0.3 is 4.42 Å². The molecule has 2 rings (SSSR count). The molecule has 4 nitrogen and oxygen atoms in total. The minimum atomic E-state index is -3.39. The Morgan fingerprint density at radius 3 is 2.63 bits per heavy atom. The maximum absolute atomic E-state index is 11.9. The van der Waals surface area contributed by atoms with Crippen LogP contribution in [0.5, 0.6) is 0 Å². The van der Waals surface area contributed by atoms with Crippen molar-refractivity contribution in [2.24, 2.45) is 0 Å². The van der Waals surface area contributed by atoms with Crippen molar-refractivity contribution in [1.82, 2.24) is 4.72 Å². The van der Waals surface area contributed by atoms with Crippen LogP contribution in [0, 0.1) is 0 Å². The molecule has 0 amide bonds. The standard InChI is InChI=1S/C13H14ClNO3S/c14-13-6-2-1-4-11(13)10-19(16,17)15-8-7-12-5-3-9-18-12/h1-6,9,15H,7-8,10H2. The molecule has 2 aromatic rings. The van der Waals surface area contributed by atoms with Crippen molar-refractivity contribution in [3.63, 3.8) is 0 Å². The fourth-order valence-electron chi connectivity index (χ4n) is 1.66. The SMILES string of the molecule is O=S(=O)(Cc1ccccc1Cl)NCCc1ccco1. The normalized spacial score (nSPS) is 11.6. The molecule has 1 N–H and O–H groups in total. The lowest BCUT2D eigenvalue weighted by atomic mass is 10.2. The fourth-order valence-corrected chi connectivity index (χ4v) is 3.11. The van der Waals surface area contributed by atoms with Gasteiger partial charge in [0.1, 0.15) is 5.76 Å². The maximum Gasteiger partial charge on any atom is 0.215 e. The van der Waals surface area contributed by atoms with Crippen molar-refractivity contribution in [2.45, 2.75) is 12.2 Å². The van der Waals surface area contributed by atoms with E-state index in [1.165, 1.54) is 0 Å². The lowest BCUT2D eigenvalue weighted by molar-refractivity contribution is 0.506. The summed E-state index contributed by atoms with van der Waals surface area (Å²) >= 11 is 5.94. The highest BCUT2D eigenvalue weighted by Gasteiger charge is 2.13. The van der Waals surface area contributed by atoms with E-state index in [0.29, 0.717) is 23.6 Å². The van der Waals surface area contributed by atoms with E-state index in [1.54, 1.807) is 36.6 Å². The van der Waals surface area contributed by atoms with E-state index in [4.69, 9.17) is 16.0 Å². The number of rotatable bonds is 6. The fraction of sp³-hybridized carbons (Fsp3) is 0.231. The molecule has 0 spiro atoms. The summed E-state index contributed by atoms with van der Waals surface area (Å²) in [5.74, 6) is 0.630. The van der Waals surface area contributed by atoms with Gasteiger partial charge in [-0.1, -0.05) is 29.8 Å². The zero-order valence-electron chi connectivity index (χ0n) is 10.2. The highest BCUT2D eigenvalue weighted by Crippen LogP contribution is 2.17. The highest BCUT2D eigenvalue weighted by molar-refractivity contribution is 7.88. The number of halogens is 1. The molecule has 1 aromatic heterocycles. The van der Waals surface area contributed by atoms with Gasteiger partial charge in [-0.3, -0.25) is 0 Å². The quantitative estimate of drug-likeness (QED) is 0.892. The largest absolute Gasteiger partial charge is 0.469 e. The highest BCUT2D eigenvalue weighted by atomic mass is 35.5. The minimum Gasteiger partial charge on any atom is -0.469 e. The van der Waals surface area contributed by atoms with Crippen LogP contribution in [0.15, 0.2) is 47.1 Å². The zero-order valence-corrected chi connectivity index (χ0v) is 11.7. The van der Waals surface area contributed by atoms with Gasteiger partial charge >= 0.3 is 0 Å². The Kier molecular flexibility index (Phi) is 4.63. The topological polar surface area (TPSA) is 59.3 Å². The molecule has 0 radical (unpaired) electrons. The predicted molar refractivity (Wildman–Crippen MR) is 74.5 cm³/mol. The molecule has 0 unspecified atom stereocenters. The van der Waals surface area contributed by atoms with E-state index in [2.05, 4.69) is 4.72 Å². The third-order valence-electron chi connectivity index (χ3n) is 2.58. The van der Waals surface area contributed by atoms with Crippen molar-refractivity contribution in [3.05, 3.63) is 59.0 Å². The van der Waals surface area contributed by atoms with E-state index >= 15 is 0 Å². The van der Waals surface area contributed by atoms with Gasteiger partial charge in [-0.25, -0.2) is 13.1 Å². The molecule has 0 fully saturated rings. The molecule has 1 aromatic carbocycles. The Hall–Kier alpha value is -1.30. The van der Waals surface area contributed by atoms with Crippen LogP contribution in [-0.4, -0.2) is 15.0 Å². The monoisotopic (exact) mass is 299 g/mol. The van der Waals surface area contributed by atoms with Crippen molar-refractivity contribution >= 4 is 21.6 Å². The molecular formula is C13H14ClNO3S. The molecule has 0 aliphatic carbocycles. The van der Waals surface area contributed by atoms with Crippen LogP contribution in [0.4, 0.5) is 0 Å². The van der Waals surface area contributed by atoms with Crippen LogP contribution < -0.4 is 4.72 Å². The number of furan rings is 1. The van der Waals surface area contributed by atoms with Gasteiger partial charge in [0.25, 0.3) is 0 Å². The Morgan fingerprint density at radius 1 is 1.16 bits per heavy atom. The minimum absolute atomic E-state index is 0.120. The molecule has 0 aliphatic rings. The van der Waals surface area contributed by atoms with Gasteiger partial charge in [0, 0.05) is 18.0 Å². The number of hydrogen-bond acceptors (Lipinski definition) is 3. The van der Waals surface area contributed by atoms with Crippen LogP contribution in [0.3, 0.4) is 0 Å². The third-order valence-corrected chi connectivity index (χ3v) is 4.28. The lowest BCUT2D eigenvalue weighted by Gasteiger charge is -2.07. The zero-order chi connectivity index (χ0) is 13.7. The summed E-state index contributed by atoms with van der Waals surface area (Å²) in [4.78, 5) is 0. The first-order chi connectivity index (χ1) is 9.07. The first kappa shape index (κ1) is 14.1. The Morgan fingerprint density at radius 2 is 1.95 bits per heavy atom. The number of nitrogens with one attached hydrogen (secondary N) is 1. The summed E-state index contributed by atoms with van der Waals surface area (Å²) < 4.78 is 31.4. The van der Waals surface area contributed by atoms with Crippen molar-refractivity contribution in [2.75, 3.05) is 6.54 Å². The molecule has 6 heteroatoms. The van der Waals surface area contributed by atoms with Gasteiger partial charge in [-0.05, 0) is 23.8 Å². The van der Waals surface area contributed by atoms with Crippen molar-refractivity contribution in [3.8, 4) is 0 Å². The Bertz CT molecular complexity index is 623. The van der Waals surface area contributed by atoms with Crippen LogP contribution in [-0.2, 0) is 22.2 Å². The Balaban J connectivity index is 1.90. The van der Waals surface area contributed by atoms with Crippen LogP contribution >= 0.6 is 11.6 Å². The molecule has 102 valence electrons. The smallest absolute Gasteiger partial charge is 0.215 e. The molecule has 1 heterocycles. The molecule has 0 atom stereocenters. The molecule has 0 saturated heterocycles. The summed E-state index contributed by atoms with van der Waals surface area (Å²) in [5, 5.41) is 0.457. The molecular weight excluding hydrogens is 286 g/mol. The van der Waals surface area contributed by atoms with Crippen molar-refractivity contribution < 1.29 is 12.8 Å². The first-order valence-corrected chi connectivity index (χ1v) is 7.83. The second kappa shape index (κ2) is 6.23. The molecule has 19 heavy (non-hydrogen) atoms. The molecule has 0 saturated carbocycles. The molecule has 0 aliphatic heterocycles. The maximum atomic E-state index is 11.9. The van der Waals surface area contributed by atoms with Gasteiger partial charge in [0.05, 0.1) is 12.0 Å². The summed E-state index contributed by atoms with van der Waals surface area (Å²) in [6.07, 6.45) is 2.09. The number of sulfonamides is 1. The van der Waals surface area contributed by atoms with E-state index < -0.39 is 10.0 Å².